The maximum Gasteiger partial charge on any atom is 0.277 e. The summed E-state index contributed by atoms with van der Waals surface area (Å²) in [5.41, 5.74) is 0.801. The van der Waals surface area contributed by atoms with Crippen LogP contribution in [-0.2, 0) is 16.1 Å². The lowest BCUT2D eigenvalue weighted by Crippen LogP contribution is -3.18. The van der Waals surface area contributed by atoms with Gasteiger partial charge in [0.25, 0.3) is 11.8 Å². The molecule has 2 unspecified atom stereocenters. The molecule has 0 radical (unpaired) electrons. The summed E-state index contributed by atoms with van der Waals surface area (Å²) in [6.07, 6.45) is 1.03. The van der Waals surface area contributed by atoms with E-state index in [2.05, 4.69) is 16.4 Å². The van der Waals surface area contributed by atoms with Gasteiger partial charge in [-0.05, 0) is 32.9 Å². The van der Waals surface area contributed by atoms with Crippen molar-refractivity contribution in [3.05, 3.63) is 29.3 Å². The zero-order chi connectivity index (χ0) is 21.7. The number of nitrogens with zero attached hydrogens (tertiary/aromatic N) is 2. The van der Waals surface area contributed by atoms with E-state index < -0.39 is 0 Å². The monoisotopic (exact) mass is 433 g/mol. The summed E-state index contributed by atoms with van der Waals surface area (Å²) in [6, 6.07) is 8.07. The van der Waals surface area contributed by atoms with Gasteiger partial charge in [-0.1, -0.05) is 12.1 Å². The third-order valence-electron chi connectivity index (χ3n) is 5.36. The molecule has 1 aliphatic heterocycles. The Balaban J connectivity index is 1.46. The highest BCUT2D eigenvalue weighted by molar-refractivity contribution is 7.18. The number of hydrogen-bond acceptors (Lipinski definition) is 4. The molecule has 2 heterocycles. The number of carbonyl (C=O) groups excluding carboxylic acids is 2. The fraction of sp³-hybridized carbons (Fsp3) is 0.591. The lowest BCUT2D eigenvalue weighted by molar-refractivity contribution is -0.930. The van der Waals surface area contributed by atoms with Crippen molar-refractivity contribution in [2.45, 2.75) is 39.3 Å². The first-order valence-corrected chi connectivity index (χ1v) is 11.6. The van der Waals surface area contributed by atoms with Gasteiger partial charge in [0.1, 0.15) is 18.1 Å². The minimum absolute atomic E-state index is 0.104. The number of rotatable bonds is 6. The minimum atomic E-state index is -0.195. The number of carbonyl (C=O) groups is 2. The third kappa shape index (κ3) is 6.75. The Morgan fingerprint density at radius 1 is 1.10 bits per heavy atom. The molecule has 0 saturated carbocycles. The van der Waals surface area contributed by atoms with Crippen molar-refractivity contribution < 1.29 is 19.4 Å². The summed E-state index contributed by atoms with van der Waals surface area (Å²) in [6.45, 7) is 11.4. The van der Waals surface area contributed by atoms with Crippen molar-refractivity contribution in [1.82, 2.24) is 15.2 Å². The van der Waals surface area contributed by atoms with Gasteiger partial charge in [0.2, 0.25) is 0 Å². The van der Waals surface area contributed by atoms with E-state index in [4.69, 9.17) is 0 Å². The molecule has 0 bridgehead atoms. The zero-order valence-corrected chi connectivity index (χ0v) is 19.4. The highest BCUT2D eigenvalue weighted by Crippen LogP contribution is 2.22. The number of benzene rings is 1. The second kappa shape index (κ2) is 9.85. The van der Waals surface area contributed by atoms with Crippen LogP contribution in [0.15, 0.2) is 24.3 Å². The third-order valence-corrected chi connectivity index (χ3v) is 6.38. The number of fused-ring (bicyclic) bond motifs is 1. The van der Waals surface area contributed by atoms with Gasteiger partial charge < -0.3 is 20.0 Å². The predicted octanol–water partition coefficient (Wildman–Crippen LogP) is -0.657. The van der Waals surface area contributed by atoms with Gasteiger partial charge in [0.15, 0.2) is 13.1 Å². The van der Waals surface area contributed by atoms with Gasteiger partial charge in [0, 0.05) is 19.0 Å². The summed E-state index contributed by atoms with van der Waals surface area (Å²) in [5.74, 6) is 0.255. The summed E-state index contributed by atoms with van der Waals surface area (Å²) in [7, 11) is 1.86. The second-order valence-electron chi connectivity index (χ2n) is 9.33. The van der Waals surface area contributed by atoms with Crippen molar-refractivity contribution >= 4 is 33.4 Å². The molecule has 3 rings (SSSR count). The van der Waals surface area contributed by atoms with Gasteiger partial charge in [-0.3, -0.25) is 9.59 Å². The number of amides is 2. The Hall–Kier alpha value is -2.03. The normalized spacial score (nSPS) is 20.0. The van der Waals surface area contributed by atoms with E-state index in [0.29, 0.717) is 19.6 Å². The highest BCUT2D eigenvalue weighted by Gasteiger charge is 2.26. The number of hydrogen-bond donors (Lipinski definition) is 3. The van der Waals surface area contributed by atoms with Crippen molar-refractivity contribution in [3.63, 3.8) is 0 Å². The van der Waals surface area contributed by atoms with Crippen molar-refractivity contribution in [2.75, 3.05) is 46.3 Å². The molecule has 0 spiro atoms. The minimum Gasteiger partial charge on any atom is -0.347 e. The molecule has 2 aromatic rings. The van der Waals surface area contributed by atoms with Crippen LogP contribution in [0.3, 0.4) is 0 Å². The molecule has 3 N–H and O–H groups in total. The molecule has 1 saturated heterocycles. The lowest BCUT2D eigenvalue weighted by Gasteiger charge is -2.23. The standard InChI is InChI=1S/C22H33N5O2S/c1-22(2,3)24-19(28)14-26-10-7-11-27(13-12-26)16-21(29)25(4)15-20-23-17-8-5-6-9-18(17)30-20/h5-6,8-9H,7,10-16H2,1-4H3,(H,24,28)/p+2. The van der Waals surface area contributed by atoms with E-state index in [1.165, 1.54) is 9.80 Å². The van der Waals surface area contributed by atoms with Crippen LogP contribution in [0, 0.1) is 0 Å². The topological polar surface area (TPSA) is 71.2 Å². The van der Waals surface area contributed by atoms with E-state index in [1.807, 2.05) is 46.0 Å². The van der Waals surface area contributed by atoms with Crippen LogP contribution >= 0.6 is 11.3 Å². The van der Waals surface area contributed by atoms with Gasteiger partial charge in [-0.25, -0.2) is 4.98 Å². The smallest absolute Gasteiger partial charge is 0.277 e. The Kier molecular flexibility index (Phi) is 7.44. The van der Waals surface area contributed by atoms with Crippen molar-refractivity contribution in [3.8, 4) is 0 Å². The van der Waals surface area contributed by atoms with Crippen LogP contribution in [0.5, 0.6) is 0 Å². The van der Waals surface area contributed by atoms with Gasteiger partial charge >= 0.3 is 0 Å². The average Bonchev–Trinajstić information content (AvgIpc) is 2.93. The fourth-order valence-corrected chi connectivity index (χ4v) is 4.88. The first-order chi connectivity index (χ1) is 14.2. The molecule has 0 aliphatic carbocycles. The molecular formula is C22H35N5O2S+2. The van der Waals surface area contributed by atoms with Crippen LogP contribution in [0.1, 0.15) is 32.2 Å². The van der Waals surface area contributed by atoms with E-state index in [1.54, 1.807) is 16.2 Å². The number of quaternary nitrogens is 2. The van der Waals surface area contributed by atoms with Gasteiger partial charge in [-0.2, -0.15) is 0 Å². The van der Waals surface area contributed by atoms with Crippen LogP contribution in [0.2, 0.25) is 0 Å². The van der Waals surface area contributed by atoms with Crippen LogP contribution in [-0.4, -0.2) is 73.6 Å². The molecule has 2 atom stereocenters. The maximum absolute atomic E-state index is 12.8. The molecule has 2 amide bonds. The largest absolute Gasteiger partial charge is 0.347 e. The lowest BCUT2D eigenvalue weighted by atomic mass is 10.1. The Morgan fingerprint density at radius 2 is 1.77 bits per heavy atom. The first kappa shape index (κ1) is 22.7. The number of para-hydroxylation sites is 1. The van der Waals surface area contributed by atoms with Crippen LogP contribution < -0.4 is 15.1 Å². The van der Waals surface area contributed by atoms with Crippen LogP contribution in [0.4, 0.5) is 0 Å². The summed E-state index contributed by atoms with van der Waals surface area (Å²) < 4.78 is 1.16. The Morgan fingerprint density at radius 3 is 2.43 bits per heavy atom. The summed E-state index contributed by atoms with van der Waals surface area (Å²) in [4.78, 5) is 34.0. The fourth-order valence-electron chi connectivity index (χ4n) is 3.86. The number of likely N-dealkylation sites (N-methyl/N-ethyl adjacent to an activating group) is 1. The summed E-state index contributed by atoms with van der Waals surface area (Å²) in [5, 5.41) is 4.02. The van der Waals surface area contributed by atoms with Crippen molar-refractivity contribution in [2.24, 2.45) is 0 Å². The molecule has 1 aromatic carbocycles. The zero-order valence-electron chi connectivity index (χ0n) is 18.6. The number of aromatic nitrogens is 1. The highest BCUT2D eigenvalue weighted by atomic mass is 32.1. The van der Waals surface area contributed by atoms with E-state index in [0.717, 1.165) is 47.8 Å². The number of thiazole rings is 1. The average molecular weight is 434 g/mol. The number of nitrogens with one attached hydrogen (secondary N) is 3. The SMILES string of the molecule is CN(Cc1nc2ccccc2s1)C(=O)C[NH+]1CCC[NH+](CC(=O)NC(C)(C)C)CC1. The van der Waals surface area contributed by atoms with Gasteiger partial charge in [-0.15, -0.1) is 11.3 Å². The molecule has 1 aliphatic rings. The summed E-state index contributed by atoms with van der Waals surface area (Å²) >= 11 is 1.65. The Bertz CT molecular complexity index is 843. The molecule has 7 nitrogen and oxygen atoms in total. The first-order valence-electron chi connectivity index (χ1n) is 10.8. The molecular weight excluding hydrogens is 398 g/mol. The van der Waals surface area contributed by atoms with E-state index in [9.17, 15) is 9.59 Å². The molecule has 1 fully saturated rings. The van der Waals surface area contributed by atoms with E-state index in [-0.39, 0.29) is 17.4 Å². The van der Waals surface area contributed by atoms with Gasteiger partial charge in [0.05, 0.1) is 29.9 Å². The van der Waals surface area contributed by atoms with Crippen LogP contribution in [0.25, 0.3) is 10.2 Å². The van der Waals surface area contributed by atoms with E-state index >= 15 is 0 Å². The molecule has 164 valence electrons. The quantitative estimate of drug-likeness (QED) is 0.567. The molecule has 30 heavy (non-hydrogen) atoms. The Labute approximate surface area is 183 Å². The van der Waals surface area contributed by atoms with Crippen molar-refractivity contribution in [1.29, 1.82) is 0 Å². The second-order valence-corrected chi connectivity index (χ2v) is 10.4. The molecule has 8 heteroatoms. The maximum atomic E-state index is 12.8. The predicted molar refractivity (Wildman–Crippen MR) is 120 cm³/mol. The molecule has 1 aromatic heterocycles.